The van der Waals surface area contributed by atoms with Crippen LogP contribution in [0.2, 0.25) is 0 Å². The highest BCUT2D eigenvalue weighted by Gasteiger charge is 2.30. The molecule has 0 saturated heterocycles. The molecule has 0 fully saturated rings. The fourth-order valence-electron chi connectivity index (χ4n) is 1.04. The number of hydrogen-bond acceptors (Lipinski definition) is 3. The van der Waals surface area contributed by atoms with E-state index >= 15 is 0 Å². The van der Waals surface area contributed by atoms with E-state index < -0.39 is 11.7 Å². The Morgan fingerprint density at radius 3 is 2.75 bits per heavy atom. The Kier molecular flexibility index (Phi) is 4.12. The van der Waals surface area contributed by atoms with Gasteiger partial charge in [-0.1, -0.05) is 0 Å². The van der Waals surface area contributed by atoms with Crippen molar-refractivity contribution in [1.82, 2.24) is 4.98 Å². The van der Waals surface area contributed by atoms with Crippen LogP contribution in [-0.4, -0.2) is 24.7 Å². The molecular weight excluding hydrogens is 221 g/mol. The Balaban J connectivity index is 2.68. The van der Waals surface area contributed by atoms with E-state index in [4.69, 9.17) is 4.74 Å². The van der Waals surface area contributed by atoms with Crippen molar-refractivity contribution in [2.24, 2.45) is 0 Å². The molecule has 0 amide bonds. The van der Waals surface area contributed by atoms with Crippen LogP contribution in [0.15, 0.2) is 18.3 Å². The number of methoxy groups -OCH3 is 1. The maximum absolute atomic E-state index is 12.4. The van der Waals surface area contributed by atoms with E-state index in [1.165, 1.54) is 7.11 Å². The summed E-state index contributed by atoms with van der Waals surface area (Å²) in [6.07, 6.45) is -3.30. The minimum absolute atomic E-state index is 0.0867. The predicted molar refractivity (Wildman–Crippen MR) is 54.2 cm³/mol. The molecule has 6 heteroatoms. The first-order valence-corrected chi connectivity index (χ1v) is 4.73. The molecule has 1 heterocycles. The molecule has 1 rings (SSSR count). The summed E-state index contributed by atoms with van der Waals surface area (Å²) in [4.78, 5) is 3.79. The molecule has 0 aliphatic heterocycles. The summed E-state index contributed by atoms with van der Waals surface area (Å²) in [5.74, 6) is 0.193. The average Bonchev–Trinajstić information content (AvgIpc) is 2.25. The molecule has 1 aromatic heterocycles. The molecule has 0 spiro atoms. The molecule has 1 atom stereocenters. The number of ether oxygens (including phenoxy) is 1. The van der Waals surface area contributed by atoms with Crippen LogP contribution in [-0.2, 0) is 10.9 Å². The molecule has 0 aliphatic rings. The van der Waals surface area contributed by atoms with Crippen molar-refractivity contribution < 1.29 is 17.9 Å². The molecule has 1 aromatic rings. The number of alkyl halides is 3. The molecule has 1 unspecified atom stereocenters. The second kappa shape index (κ2) is 5.16. The van der Waals surface area contributed by atoms with E-state index in [-0.39, 0.29) is 11.9 Å². The van der Waals surface area contributed by atoms with Gasteiger partial charge in [0.1, 0.15) is 5.82 Å². The number of pyridine rings is 1. The maximum Gasteiger partial charge on any atom is 0.416 e. The van der Waals surface area contributed by atoms with Crippen LogP contribution in [0.3, 0.4) is 0 Å². The Labute approximate surface area is 91.6 Å². The zero-order valence-electron chi connectivity index (χ0n) is 9.01. The minimum Gasteiger partial charge on any atom is -0.380 e. The quantitative estimate of drug-likeness (QED) is 0.869. The lowest BCUT2D eigenvalue weighted by atomic mass is 10.2. The van der Waals surface area contributed by atoms with Gasteiger partial charge >= 0.3 is 6.18 Å². The molecule has 16 heavy (non-hydrogen) atoms. The molecule has 90 valence electrons. The van der Waals surface area contributed by atoms with Crippen LogP contribution >= 0.6 is 0 Å². The first-order valence-electron chi connectivity index (χ1n) is 4.73. The molecular formula is C10H13F3N2O. The second-order valence-corrected chi connectivity index (χ2v) is 3.35. The van der Waals surface area contributed by atoms with Crippen molar-refractivity contribution in [3.8, 4) is 0 Å². The first kappa shape index (κ1) is 12.8. The number of hydrogen-bond donors (Lipinski definition) is 1. The molecule has 0 aliphatic carbocycles. The summed E-state index contributed by atoms with van der Waals surface area (Å²) in [6.45, 7) is 2.21. The number of nitrogens with one attached hydrogen (secondary N) is 1. The Morgan fingerprint density at radius 2 is 2.19 bits per heavy atom. The normalized spacial score (nSPS) is 13.6. The number of rotatable bonds is 4. The van der Waals surface area contributed by atoms with Gasteiger partial charge in [0.25, 0.3) is 0 Å². The number of aromatic nitrogens is 1. The molecule has 3 nitrogen and oxygen atoms in total. The van der Waals surface area contributed by atoms with Gasteiger partial charge in [-0.05, 0) is 19.1 Å². The van der Waals surface area contributed by atoms with Crippen LogP contribution in [0.25, 0.3) is 0 Å². The fourth-order valence-corrected chi connectivity index (χ4v) is 1.04. The molecule has 1 N–H and O–H groups in total. The van der Waals surface area contributed by atoms with Crippen LogP contribution in [0.5, 0.6) is 0 Å². The minimum atomic E-state index is -4.34. The highest BCUT2D eigenvalue weighted by Crippen LogP contribution is 2.29. The third kappa shape index (κ3) is 3.69. The van der Waals surface area contributed by atoms with Crippen molar-refractivity contribution in [2.75, 3.05) is 19.0 Å². The van der Waals surface area contributed by atoms with Crippen molar-refractivity contribution in [2.45, 2.75) is 19.2 Å². The van der Waals surface area contributed by atoms with Gasteiger partial charge in [0.05, 0.1) is 11.7 Å². The van der Waals surface area contributed by atoms with E-state index in [2.05, 4.69) is 10.3 Å². The van der Waals surface area contributed by atoms with Gasteiger partial charge in [0.2, 0.25) is 0 Å². The standard InChI is InChI=1S/C10H13F3N2O/c1-7(16-2)6-15-9-5-8(3-4-14-9)10(11,12)13/h3-5,7H,6H2,1-2H3,(H,14,15). The van der Waals surface area contributed by atoms with Gasteiger partial charge in [0, 0.05) is 19.9 Å². The van der Waals surface area contributed by atoms with Gasteiger partial charge in [0.15, 0.2) is 0 Å². The van der Waals surface area contributed by atoms with E-state index in [0.29, 0.717) is 6.54 Å². The summed E-state index contributed by atoms with van der Waals surface area (Å²) in [6, 6.07) is 1.91. The van der Waals surface area contributed by atoms with Crippen LogP contribution < -0.4 is 5.32 Å². The zero-order valence-corrected chi connectivity index (χ0v) is 9.01. The summed E-state index contributed by atoms with van der Waals surface area (Å²) >= 11 is 0. The topological polar surface area (TPSA) is 34.1 Å². The second-order valence-electron chi connectivity index (χ2n) is 3.35. The monoisotopic (exact) mass is 234 g/mol. The van der Waals surface area contributed by atoms with Crippen molar-refractivity contribution in [3.05, 3.63) is 23.9 Å². The maximum atomic E-state index is 12.4. The van der Waals surface area contributed by atoms with Crippen molar-refractivity contribution >= 4 is 5.82 Å². The predicted octanol–water partition coefficient (Wildman–Crippen LogP) is 2.55. The zero-order chi connectivity index (χ0) is 12.2. The first-order chi connectivity index (χ1) is 7.43. The Morgan fingerprint density at radius 1 is 1.50 bits per heavy atom. The molecule has 0 aromatic carbocycles. The third-order valence-corrected chi connectivity index (χ3v) is 2.06. The number of halogens is 3. The SMILES string of the molecule is COC(C)CNc1cc(C(F)(F)F)ccn1. The number of anilines is 1. The largest absolute Gasteiger partial charge is 0.416 e. The van der Waals surface area contributed by atoms with Gasteiger partial charge in [-0.3, -0.25) is 0 Å². The molecule has 0 radical (unpaired) electrons. The number of nitrogens with zero attached hydrogens (tertiary/aromatic N) is 1. The highest BCUT2D eigenvalue weighted by molar-refractivity contribution is 5.38. The van der Waals surface area contributed by atoms with Gasteiger partial charge in [-0.25, -0.2) is 4.98 Å². The molecule has 0 saturated carbocycles. The Bertz CT molecular complexity index is 341. The van der Waals surface area contributed by atoms with Crippen LogP contribution in [0, 0.1) is 0 Å². The van der Waals surface area contributed by atoms with Gasteiger partial charge in [-0.2, -0.15) is 13.2 Å². The van der Waals surface area contributed by atoms with E-state index in [1.807, 2.05) is 0 Å². The molecule has 0 bridgehead atoms. The highest BCUT2D eigenvalue weighted by atomic mass is 19.4. The lowest BCUT2D eigenvalue weighted by Gasteiger charge is -2.12. The summed E-state index contributed by atoms with van der Waals surface area (Å²) in [5, 5.41) is 2.77. The Hall–Kier alpha value is -1.30. The van der Waals surface area contributed by atoms with E-state index in [9.17, 15) is 13.2 Å². The van der Waals surface area contributed by atoms with Crippen LogP contribution in [0.1, 0.15) is 12.5 Å². The summed E-state index contributed by atoms with van der Waals surface area (Å²) in [5.41, 5.74) is -0.713. The smallest absolute Gasteiger partial charge is 0.380 e. The summed E-state index contributed by atoms with van der Waals surface area (Å²) in [7, 11) is 1.53. The van der Waals surface area contributed by atoms with Gasteiger partial charge < -0.3 is 10.1 Å². The lowest BCUT2D eigenvalue weighted by Crippen LogP contribution is -2.19. The van der Waals surface area contributed by atoms with Crippen molar-refractivity contribution in [3.63, 3.8) is 0 Å². The average molecular weight is 234 g/mol. The van der Waals surface area contributed by atoms with E-state index in [1.54, 1.807) is 6.92 Å². The summed E-state index contributed by atoms with van der Waals surface area (Å²) < 4.78 is 42.0. The van der Waals surface area contributed by atoms with Crippen LogP contribution in [0.4, 0.5) is 19.0 Å². The van der Waals surface area contributed by atoms with E-state index in [0.717, 1.165) is 18.3 Å². The lowest BCUT2D eigenvalue weighted by molar-refractivity contribution is -0.137. The fraction of sp³-hybridized carbons (Fsp3) is 0.500. The third-order valence-electron chi connectivity index (χ3n) is 2.06. The van der Waals surface area contributed by atoms with Crippen molar-refractivity contribution in [1.29, 1.82) is 0 Å². The van der Waals surface area contributed by atoms with Gasteiger partial charge in [-0.15, -0.1) is 0 Å².